The molecule has 0 aromatic heterocycles. The van der Waals surface area contributed by atoms with Gasteiger partial charge in [-0.15, -0.1) is 0 Å². The van der Waals surface area contributed by atoms with Gasteiger partial charge in [-0.1, -0.05) is 51.8 Å². The second-order valence-electron chi connectivity index (χ2n) is 3.49. The summed E-state index contributed by atoms with van der Waals surface area (Å²) < 4.78 is 1.06. The molecule has 82 valence electrons. The van der Waals surface area contributed by atoms with Gasteiger partial charge in [-0.2, -0.15) is 0 Å². The first-order valence-electron chi connectivity index (χ1n) is 4.96. The van der Waals surface area contributed by atoms with Crippen molar-refractivity contribution in [3.8, 4) is 11.1 Å². The van der Waals surface area contributed by atoms with Crippen molar-refractivity contribution in [1.82, 2.24) is 0 Å². The van der Waals surface area contributed by atoms with E-state index in [1.54, 1.807) is 0 Å². The summed E-state index contributed by atoms with van der Waals surface area (Å²) >= 11 is 9.50. The summed E-state index contributed by atoms with van der Waals surface area (Å²) in [6.45, 7) is 0.483. The Morgan fingerprint density at radius 2 is 1.81 bits per heavy atom. The number of rotatable bonds is 2. The maximum atomic E-state index is 5.96. The fourth-order valence-corrected chi connectivity index (χ4v) is 2.37. The highest BCUT2D eigenvalue weighted by Crippen LogP contribution is 2.31. The molecule has 0 amide bonds. The molecule has 2 rings (SSSR count). The van der Waals surface area contributed by atoms with E-state index in [0.717, 1.165) is 26.2 Å². The monoisotopic (exact) mass is 295 g/mol. The Balaban J connectivity index is 2.60. The van der Waals surface area contributed by atoms with Crippen molar-refractivity contribution in [2.75, 3.05) is 0 Å². The summed E-state index contributed by atoms with van der Waals surface area (Å²) in [5, 5.41) is 0.719. The minimum absolute atomic E-state index is 0.483. The molecule has 2 aromatic carbocycles. The van der Waals surface area contributed by atoms with Crippen molar-refractivity contribution < 1.29 is 0 Å². The highest BCUT2D eigenvalue weighted by molar-refractivity contribution is 9.10. The van der Waals surface area contributed by atoms with Crippen LogP contribution in [0.1, 0.15) is 5.56 Å². The third-order valence-electron chi connectivity index (χ3n) is 2.45. The van der Waals surface area contributed by atoms with Crippen LogP contribution in [0, 0.1) is 0 Å². The van der Waals surface area contributed by atoms with E-state index in [-0.39, 0.29) is 0 Å². The largest absolute Gasteiger partial charge is 0.326 e. The van der Waals surface area contributed by atoms with E-state index < -0.39 is 0 Å². The fraction of sp³-hybridized carbons (Fsp3) is 0.0769. The smallest absolute Gasteiger partial charge is 0.0409 e. The number of halogens is 2. The first kappa shape index (κ1) is 11.6. The third kappa shape index (κ3) is 2.29. The van der Waals surface area contributed by atoms with Gasteiger partial charge < -0.3 is 5.73 Å². The topological polar surface area (TPSA) is 26.0 Å². The third-order valence-corrected chi connectivity index (χ3v) is 3.38. The van der Waals surface area contributed by atoms with Crippen LogP contribution in [0.25, 0.3) is 11.1 Å². The molecule has 16 heavy (non-hydrogen) atoms. The van der Waals surface area contributed by atoms with Gasteiger partial charge in [0.05, 0.1) is 0 Å². The van der Waals surface area contributed by atoms with Crippen molar-refractivity contribution in [3.63, 3.8) is 0 Å². The van der Waals surface area contributed by atoms with Gasteiger partial charge in [0.15, 0.2) is 0 Å². The van der Waals surface area contributed by atoms with Gasteiger partial charge in [0, 0.05) is 16.0 Å². The molecule has 0 unspecified atom stereocenters. The van der Waals surface area contributed by atoms with Gasteiger partial charge in [-0.3, -0.25) is 0 Å². The highest BCUT2D eigenvalue weighted by atomic mass is 79.9. The Hall–Kier alpha value is -0.830. The van der Waals surface area contributed by atoms with Crippen molar-refractivity contribution in [2.24, 2.45) is 5.73 Å². The molecule has 0 aliphatic rings. The van der Waals surface area contributed by atoms with Crippen LogP contribution in [-0.4, -0.2) is 0 Å². The van der Waals surface area contributed by atoms with Crippen molar-refractivity contribution in [1.29, 1.82) is 0 Å². The molecule has 1 nitrogen and oxygen atoms in total. The zero-order valence-electron chi connectivity index (χ0n) is 8.58. The molecule has 0 radical (unpaired) electrons. The molecular weight excluding hydrogens is 286 g/mol. The average Bonchev–Trinajstić information content (AvgIpc) is 2.30. The summed E-state index contributed by atoms with van der Waals surface area (Å²) in [6, 6.07) is 13.9. The average molecular weight is 297 g/mol. The van der Waals surface area contributed by atoms with E-state index in [2.05, 4.69) is 22.0 Å². The van der Waals surface area contributed by atoms with Gasteiger partial charge in [-0.25, -0.2) is 0 Å². The molecule has 0 spiro atoms. The first-order chi connectivity index (χ1) is 7.72. The molecule has 0 fully saturated rings. The predicted molar refractivity (Wildman–Crippen MR) is 72.5 cm³/mol. The van der Waals surface area contributed by atoms with Crippen LogP contribution in [0.5, 0.6) is 0 Å². The normalized spacial score (nSPS) is 10.4. The second-order valence-corrected chi connectivity index (χ2v) is 4.78. The fourth-order valence-electron chi connectivity index (χ4n) is 1.67. The molecule has 0 aliphatic carbocycles. The zero-order chi connectivity index (χ0) is 11.5. The summed E-state index contributed by atoms with van der Waals surface area (Å²) in [6.07, 6.45) is 0. The molecule has 2 aromatic rings. The van der Waals surface area contributed by atoms with Crippen LogP contribution in [0.4, 0.5) is 0 Å². The number of hydrogen-bond donors (Lipinski definition) is 1. The van der Waals surface area contributed by atoms with E-state index >= 15 is 0 Å². The Morgan fingerprint density at radius 1 is 1.06 bits per heavy atom. The zero-order valence-corrected chi connectivity index (χ0v) is 10.9. The first-order valence-corrected chi connectivity index (χ1v) is 6.13. The van der Waals surface area contributed by atoms with Crippen molar-refractivity contribution in [2.45, 2.75) is 6.54 Å². The number of nitrogens with two attached hydrogens (primary N) is 1. The maximum Gasteiger partial charge on any atom is 0.0409 e. The molecule has 3 heteroatoms. The van der Waals surface area contributed by atoms with Gasteiger partial charge in [0.25, 0.3) is 0 Å². The van der Waals surface area contributed by atoms with Crippen LogP contribution in [-0.2, 0) is 6.54 Å². The van der Waals surface area contributed by atoms with Crippen LogP contribution in [0.15, 0.2) is 46.9 Å². The maximum absolute atomic E-state index is 5.96. The van der Waals surface area contributed by atoms with Crippen LogP contribution >= 0.6 is 27.5 Å². The standard InChI is InChI=1S/C13H11BrClN/c14-13-4-2-1-3-12(13)11-6-5-10(15)7-9(11)8-16/h1-7H,8,16H2. The Kier molecular flexibility index (Phi) is 3.64. The Morgan fingerprint density at radius 3 is 2.50 bits per heavy atom. The molecule has 0 aliphatic heterocycles. The van der Waals surface area contributed by atoms with E-state index in [9.17, 15) is 0 Å². The lowest BCUT2D eigenvalue weighted by Crippen LogP contribution is -1.99. The quantitative estimate of drug-likeness (QED) is 0.882. The molecule has 2 N–H and O–H groups in total. The lowest BCUT2D eigenvalue weighted by Gasteiger charge is -2.10. The second kappa shape index (κ2) is 5.00. The van der Waals surface area contributed by atoms with Gasteiger partial charge in [0.2, 0.25) is 0 Å². The Bertz CT molecular complexity index is 511. The molecule has 0 atom stereocenters. The highest BCUT2D eigenvalue weighted by Gasteiger charge is 2.07. The predicted octanol–water partition coefficient (Wildman–Crippen LogP) is 4.23. The lowest BCUT2D eigenvalue weighted by molar-refractivity contribution is 1.07. The van der Waals surface area contributed by atoms with E-state index in [4.69, 9.17) is 17.3 Å². The van der Waals surface area contributed by atoms with Gasteiger partial charge >= 0.3 is 0 Å². The minimum Gasteiger partial charge on any atom is -0.326 e. The molecule has 0 saturated carbocycles. The van der Waals surface area contributed by atoms with Crippen LogP contribution < -0.4 is 5.73 Å². The van der Waals surface area contributed by atoms with Crippen molar-refractivity contribution >= 4 is 27.5 Å². The molecule has 0 heterocycles. The minimum atomic E-state index is 0.483. The summed E-state index contributed by atoms with van der Waals surface area (Å²) in [7, 11) is 0. The summed E-state index contributed by atoms with van der Waals surface area (Å²) in [4.78, 5) is 0. The number of benzene rings is 2. The van der Waals surface area contributed by atoms with Gasteiger partial charge in [0.1, 0.15) is 0 Å². The van der Waals surface area contributed by atoms with E-state index in [1.165, 1.54) is 0 Å². The Labute approximate surface area is 108 Å². The summed E-state index contributed by atoms with van der Waals surface area (Å²) in [5.74, 6) is 0. The van der Waals surface area contributed by atoms with Crippen molar-refractivity contribution in [3.05, 3.63) is 57.5 Å². The SMILES string of the molecule is NCc1cc(Cl)ccc1-c1ccccc1Br. The van der Waals surface area contributed by atoms with E-state index in [1.807, 2.05) is 36.4 Å². The summed E-state index contributed by atoms with van der Waals surface area (Å²) in [5.41, 5.74) is 9.05. The lowest BCUT2D eigenvalue weighted by atomic mass is 10.00. The van der Waals surface area contributed by atoms with Crippen LogP contribution in [0.2, 0.25) is 5.02 Å². The van der Waals surface area contributed by atoms with Crippen LogP contribution in [0.3, 0.4) is 0 Å². The van der Waals surface area contributed by atoms with Gasteiger partial charge in [-0.05, 0) is 34.9 Å². The molecule has 0 saturated heterocycles. The van der Waals surface area contributed by atoms with E-state index in [0.29, 0.717) is 6.54 Å². The number of hydrogen-bond acceptors (Lipinski definition) is 1. The molecular formula is C13H11BrClN. The molecule has 0 bridgehead atoms.